The monoisotopic (exact) mass is 696 g/mol. The number of carbonyl (C=O) groups is 2. The zero-order chi connectivity index (χ0) is 34.1. The van der Waals surface area contributed by atoms with Crippen LogP contribution in [0, 0.1) is 10.1 Å². The summed E-state index contributed by atoms with van der Waals surface area (Å²) in [5.41, 5.74) is 0.881. The Bertz CT molecular complexity index is 1830. The molecule has 0 aliphatic rings. The fourth-order valence-corrected chi connectivity index (χ4v) is 6.59. The molecule has 0 saturated heterocycles. The van der Waals surface area contributed by atoms with Crippen molar-refractivity contribution in [3.63, 3.8) is 0 Å². The molecule has 0 radical (unpaired) electrons. The number of sulfonamides is 1. The highest BCUT2D eigenvalue weighted by atomic mass is 35.5. The molecule has 2 amide bonds. The molecule has 0 saturated carbocycles. The molecule has 4 aromatic rings. The predicted octanol–water partition coefficient (Wildman–Crippen LogP) is 6.65. The Morgan fingerprint density at radius 3 is 2.15 bits per heavy atom. The van der Waals surface area contributed by atoms with E-state index in [1.807, 2.05) is 44.2 Å². The largest absolute Gasteiger partial charge is 0.352 e. The van der Waals surface area contributed by atoms with E-state index in [0.29, 0.717) is 17.0 Å². The van der Waals surface area contributed by atoms with Gasteiger partial charge >= 0.3 is 0 Å². The summed E-state index contributed by atoms with van der Waals surface area (Å²) < 4.78 is 29.0. The lowest BCUT2D eigenvalue weighted by Crippen LogP contribution is -2.54. The molecule has 0 aliphatic heterocycles. The predicted molar refractivity (Wildman–Crippen MR) is 183 cm³/mol. The second-order valence-corrected chi connectivity index (χ2v) is 13.6. The topological polar surface area (TPSA) is 130 Å². The third-order valence-corrected chi connectivity index (χ3v) is 10.1. The van der Waals surface area contributed by atoms with Gasteiger partial charge in [0, 0.05) is 31.1 Å². The van der Waals surface area contributed by atoms with Crippen LogP contribution in [0.1, 0.15) is 31.4 Å². The molecular formula is C34H34Cl2N4O6S. The number of nitrogens with one attached hydrogen (secondary N) is 1. The van der Waals surface area contributed by atoms with E-state index in [4.69, 9.17) is 23.2 Å². The van der Waals surface area contributed by atoms with Crippen LogP contribution in [-0.4, -0.2) is 48.7 Å². The van der Waals surface area contributed by atoms with E-state index in [1.54, 1.807) is 24.3 Å². The summed E-state index contributed by atoms with van der Waals surface area (Å²) in [5, 5.41) is 15.1. The van der Waals surface area contributed by atoms with Gasteiger partial charge in [0.1, 0.15) is 12.6 Å². The minimum absolute atomic E-state index is 0.0884. The van der Waals surface area contributed by atoms with Crippen LogP contribution in [0.2, 0.25) is 10.0 Å². The maximum atomic E-state index is 14.5. The summed E-state index contributed by atoms with van der Waals surface area (Å²) in [4.78, 5) is 40.6. The van der Waals surface area contributed by atoms with Crippen LogP contribution in [0.5, 0.6) is 0 Å². The fraction of sp³-hybridized carbons (Fsp3) is 0.235. The van der Waals surface area contributed by atoms with Crippen LogP contribution in [0.3, 0.4) is 0 Å². The van der Waals surface area contributed by atoms with Crippen molar-refractivity contribution in [2.24, 2.45) is 0 Å². The van der Waals surface area contributed by atoms with E-state index in [2.05, 4.69) is 5.32 Å². The number of non-ortho nitro benzene ring substituents is 1. The molecular weight excluding hydrogens is 663 g/mol. The molecule has 0 heterocycles. The quantitative estimate of drug-likeness (QED) is 0.116. The first-order chi connectivity index (χ1) is 22.4. The Morgan fingerprint density at radius 2 is 1.53 bits per heavy atom. The van der Waals surface area contributed by atoms with Crippen molar-refractivity contribution in [3.8, 4) is 0 Å². The van der Waals surface area contributed by atoms with Crippen LogP contribution in [0.15, 0.2) is 108 Å². The number of hydrogen-bond acceptors (Lipinski definition) is 6. The van der Waals surface area contributed by atoms with E-state index < -0.39 is 39.3 Å². The Kier molecular flexibility index (Phi) is 12.0. The van der Waals surface area contributed by atoms with E-state index in [0.717, 1.165) is 15.9 Å². The summed E-state index contributed by atoms with van der Waals surface area (Å²) in [5.74, 6) is -1.15. The number of carbonyl (C=O) groups excluding carboxylic acids is 2. The average molecular weight is 698 g/mol. The lowest BCUT2D eigenvalue weighted by atomic mass is 10.0. The molecule has 10 nitrogen and oxygen atoms in total. The van der Waals surface area contributed by atoms with Gasteiger partial charge in [0.15, 0.2) is 0 Å². The first-order valence-corrected chi connectivity index (χ1v) is 17.0. The van der Waals surface area contributed by atoms with Gasteiger partial charge in [-0.15, -0.1) is 0 Å². The molecule has 246 valence electrons. The molecule has 0 aromatic heterocycles. The number of hydrogen-bond donors (Lipinski definition) is 1. The number of nitro benzene ring substituents is 1. The van der Waals surface area contributed by atoms with Crippen molar-refractivity contribution >= 4 is 56.4 Å². The van der Waals surface area contributed by atoms with Gasteiger partial charge in [-0.1, -0.05) is 90.8 Å². The van der Waals surface area contributed by atoms with Gasteiger partial charge in [-0.05, 0) is 54.8 Å². The Labute approximate surface area is 284 Å². The number of anilines is 1. The molecule has 0 bridgehead atoms. The molecule has 2 atom stereocenters. The molecule has 4 aromatic carbocycles. The standard InChI is InChI=1S/C34H34Cl2N4O6S/c1-3-24(2)37-34(42)32(20-25-11-6-4-7-12-25)38(22-26-17-18-30(35)31(36)19-26)33(41)23-39(27-13-10-14-28(21-27)40(43)44)47(45,46)29-15-8-5-9-16-29/h4-19,21,24,32H,3,20,22-23H2,1-2H3,(H,37,42)/t24-,32+/m1/s1. The smallest absolute Gasteiger partial charge is 0.271 e. The number of amides is 2. The lowest BCUT2D eigenvalue weighted by molar-refractivity contribution is -0.384. The van der Waals surface area contributed by atoms with E-state index >= 15 is 0 Å². The minimum Gasteiger partial charge on any atom is -0.352 e. The number of benzene rings is 4. The van der Waals surface area contributed by atoms with Gasteiger partial charge in [-0.25, -0.2) is 8.42 Å². The molecule has 47 heavy (non-hydrogen) atoms. The molecule has 13 heteroatoms. The van der Waals surface area contributed by atoms with Crippen LogP contribution in [0.25, 0.3) is 0 Å². The molecule has 4 rings (SSSR count). The highest BCUT2D eigenvalue weighted by Crippen LogP contribution is 2.29. The third kappa shape index (κ3) is 9.09. The van der Waals surface area contributed by atoms with Crippen molar-refractivity contribution in [1.82, 2.24) is 10.2 Å². The van der Waals surface area contributed by atoms with Gasteiger partial charge in [-0.2, -0.15) is 0 Å². The van der Waals surface area contributed by atoms with Crippen molar-refractivity contribution < 1.29 is 22.9 Å². The van der Waals surface area contributed by atoms with Crippen molar-refractivity contribution in [3.05, 3.63) is 134 Å². The Hall–Kier alpha value is -4.45. The van der Waals surface area contributed by atoms with Crippen molar-refractivity contribution in [2.75, 3.05) is 10.8 Å². The maximum absolute atomic E-state index is 14.5. The first-order valence-electron chi connectivity index (χ1n) is 14.8. The molecule has 0 aliphatic carbocycles. The minimum atomic E-state index is -4.41. The van der Waals surface area contributed by atoms with Crippen LogP contribution >= 0.6 is 23.2 Å². The molecule has 0 fully saturated rings. The van der Waals surface area contributed by atoms with E-state index in [9.17, 15) is 28.1 Å². The van der Waals surface area contributed by atoms with Gasteiger partial charge in [0.2, 0.25) is 11.8 Å². The van der Waals surface area contributed by atoms with Gasteiger partial charge in [0.05, 0.1) is 25.6 Å². The zero-order valence-electron chi connectivity index (χ0n) is 25.8. The first kappa shape index (κ1) is 35.4. The molecule has 0 unspecified atom stereocenters. The summed E-state index contributed by atoms with van der Waals surface area (Å²) in [6.07, 6.45) is 0.763. The fourth-order valence-electron chi connectivity index (χ4n) is 4.84. The van der Waals surface area contributed by atoms with Crippen LogP contribution < -0.4 is 9.62 Å². The molecule has 0 spiro atoms. The summed E-state index contributed by atoms with van der Waals surface area (Å²) in [6, 6.07) is 25.2. The van der Waals surface area contributed by atoms with Crippen LogP contribution in [-0.2, 0) is 32.6 Å². The highest BCUT2D eigenvalue weighted by Gasteiger charge is 2.35. The number of nitrogens with zero attached hydrogens (tertiary/aromatic N) is 3. The Morgan fingerprint density at radius 1 is 0.872 bits per heavy atom. The second kappa shape index (κ2) is 15.9. The second-order valence-electron chi connectivity index (χ2n) is 10.9. The lowest BCUT2D eigenvalue weighted by Gasteiger charge is -2.34. The zero-order valence-corrected chi connectivity index (χ0v) is 28.1. The van der Waals surface area contributed by atoms with Crippen molar-refractivity contribution in [1.29, 1.82) is 0 Å². The van der Waals surface area contributed by atoms with Gasteiger partial charge < -0.3 is 10.2 Å². The SMILES string of the molecule is CC[C@@H](C)NC(=O)[C@H](Cc1ccccc1)N(Cc1ccc(Cl)c(Cl)c1)C(=O)CN(c1cccc([N+](=O)[O-])c1)S(=O)(=O)c1ccccc1. The summed E-state index contributed by atoms with van der Waals surface area (Å²) >= 11 is 12.5. The number of nitro groups is 1. The average Bonchev–Trinajstić information content (AvgIpc) is 3.07. The van der Waals surface area contributed by atoms with E-state index in [1.165, 1.54) is 47.4 Å². The van der Waals surface area contributed by atoms with E-state index in [-0.39, 0.29) is 40.3 Å². The normalized spacial score (nSPS) is 12.5. The summed E-state index contributed by atoms with van der Waals surface area (Å²) in [6.45, 7) is 2.89. The number of rotatable bonds is 14. The Balaban J connectivity index is 1.84. The highest BCUT2D eigenvalue weighted by molar-refractivity contribution is 7.92. The summed E-state index contributed by atoms with van der Waals surface area (Å²) in [7, 11) is -4.41. The van der Waals surface area contributed by atoms with Crippen molar-refractivity contribution in [2.45, 2.75) is 50.2 Å². The number of halogens is 2. The third-order valence-electron chi connectivity index (χ3n) is 7.55. The van der Waals surface area contributed by atoms with Gasteiger partial charge in [-0.3, -0.25) is 24.0 Å². The molecule has 1 N–H and O–H groups in total. The maximum Gasteiger partial charge on any atom is 0.271 e. The van der Waals surface area contributed by atoms with Crippen LogP contribution in [0.4, 0.5) is 11.4 Å². The van der Waals surface area contributed by atoms with Gasteiger partial charge in [0.25, 0.3) is 15.7 Å².